The second-order valence-corrected chi connectivity index (χ2v) is 9.47. The van der Waals surface area contributed by atoms with Gasteiger partial charge in [0.05, 0.1) is 12.8 Å². The van der Waals surface area contributed by atoms with Gasteiger partial charge in [-0.3, -0.25) is 4.90 Å². The van der Waals surface area contributed by atoms with Crippen LogP contribution in [-0.4, -0.2) is 78.8 Å². The summed E-state index contributed by atoms with van der Waals surface area (Å²) in [5, 5.41) is 40.3. The number of halogens is 3. The SMILES string of the molecule is OC[C@H]1O[C@@]2(CCCN(Cc3ccccc3)C2)C(O)[C@@H](n2cc(-c3cc(F)c(F)c(F)c3)nn2)[C@H]1O. The Morgan fingerprint density at radius 3 is 2.50 bits per heavy atom. The average molecular weight is 505 g/mol. The predicted octanol–water partition coefficient (Wildman–Crippen LogP) is 2.05. The van der Waals surface area contributed by atoms with Crippen LogP contribution in [0.1, 0.15) is 24.4 Å². The molecule has 3 heterocycles. The molecule has 5 rings (SSSR count). The molecule has 0 bridgehead atoms. The number of aliphatic hydroxyl groups excluding tert-OH is 3. The van der Waals surface area contributed by atoms with Gasteiger partial charge in [0, 0.05) is 18.7 Å². The van der Waals surface area contributed by atoms with Crippen molar-refractivity contribution in [2.45, 2.75) is 49.3 Å². The molecule has 2 aliphatic heterocycles. The van der Waals surface area contributed by atoms with Gasteiger partial charge in [-0.05, 0) is 37.1 Å². The van der Waals surface area contributed by atoms with E-state index in [1.165, 1.54) is 10.9 Å². The number of hydrogen-bond donors (Lipinski definition) is 3. The first kappa shape index (κ1) is 24.8. The van der Waals surface area contributed by atoms with Gasteiger partial charge < -0.3 is 20.1 Å². The normalized spacial score (nSPS) is 29.1. The van der Waals surface area contributed by atoms with Gasteiger partial charge in [0.25, 0.3) is 0 Å². The van der Waals surface area contributed by atoms with Crippen LogP contribution < -0.4 is 0 Å². The summed E-state index contributed by atoms with van der Waals surface area (Å²) in [6.07, 6.45) is -1.03. The Morgan fingerprint density at radius 2 is 1.81 bits per heavy atom. The van der Waals surface area contributed by atoms with Gasteiger partial charge in [0.15, 0.2) is 17.5 Å². The third-order valence-electron chi connectivity index (χ3n) is 7.07. The molecule has 1 aromatic heterocycles. The van der Waals surface area contributed by atoms with Crippen LogP contribution in [0.3, 0.4) is 0 Å². The fourth-order valence-electron chi connectivity index (χ4n) is 5.32. The van der Waals surface area contributed by atoms with Crippen molar-refractivity contribution in [1.29, 1.82) is 0 Å². The summed E-state index contributed by atoms with van der Waals surface area (Å²) in [6.45, 7) is 1.31. The Morgan fingerprint density at radius 1 is 1.08 bits per heavy atom. The van der Waals surface area contributed by atoms with Gasteiger partial charge in [-0.1, -0.05) is 35.5 Å². The van der Waals surface area contributed by atoms with E-state index in [9.17, 15) is 28.5 Å². The van der Waals surface area contributed by atoms with Crippen LogP contribution in [0.25, 0.3) is 11.3 Å². The molecular formula is C25H27F3N4O4. The molecule has 11 heteroatoms. The lowest BCUT2D eigenvalue weighted by atomic mass is 9.78. The number of piperidine rings is 1. The molecule has 0 radical (unpaired) electrons. The maximum Gasteiger partial charge on any atom is 0.194 e. The minimum absolute atomic E-state index is 0.0302. The Bertz CT molecular complexity index is 1190. The van der Waals surface area contributed by atoms with Crippen molar-refractivity contribution in [3.05, 3.63) is 71.7 Å². The van der Waals surface area contributed by atoms with E-state index in [2.05, 4.69) is 15.2 Å². The highest BCUT2D eigenvalue weighted by Crippen LogP contribution is 2.42. The van der Waals surface area contributed by atoms with E-state index in [0.29, 0.717) is 19.5 Å². The summed E-state index contributed by atoms with van der Waals surface area (Å²) in [6, 6.07) is 10.4. The number of ether oxygens (including phenoxy) is 1. The van der Waals surface area contributed by atoms with Crippen LogP contribution in [0.2, 0.25) is 0 Å². The largest absolute Gasteiger partial charge is 0.394 e. The molecule has 0 amide bonds. The first-order chi connectivity index (χ1) is 17.3. The lowest BCUT2D eigenvalue weighted by molar-refractivity contribution is -0.269. The molecule has 192 valence electrons. The van der Waals surface area contributed by atoms with Crippen molar-refractivity contribution in [3.63, 3.8) is 0 Å². The van der Waals surface area contributed by atoms with Gasteiger partial charge in [-0.25, -0.2) is 17.9 Å². The Balaban J connectivity index is 1.44. The number of nitrogens with zero attached hydrogens (tertiary/aromatic N) is 4. The van der Waals surface area contributed by atoms with Crippen LogP contribution in [-0.2, 0) is 11.3 Å². The quantitative estimate of drug-likeness (QED) is 0.457. The minimum Gasteiger partial charge on any atom is -0.394 e. The van der Waals surface area contributed by atoms with Crippen LogP contribution >= 0.6 is 0 Å². The van der Waals surface area contributed by atoms with Crippen molar-refractivity contribution in [1.82, 2.24) is 19.9 Å². The van der Waals surface area contributed by atoms with E-state index >= 15 is 0 Å². The highest BCUT2D eigenvalue weighted by Gasteiger charge is 2.56. The van der Waals surface area contributed by atoms with Crippen molar-refractivity contribution in [2.24, 2.45) is 0 Å². The molecule has 0 aliphatic carbocycles. The first-order valence-corrected chi connectivity index (χ1v) is 11.8. The molecule has 5 atom stereocenters. The van der Waals surface area contributed by atoms with E-state index in [1.54, 1.807) is 0 Å². The second-order valence-electron chi connectivity index (χ2n) is 9.47. The molecule has 0 saturated carbocycles. The molecule has 2 saturated heterocycles. The Hall–Kier alpha value is -2.83. The van der Waals surface area contributed by atoms with E-state index in [0.717, 1.165) is 30.7 Å². The van der Waals surface area contributed by atoms with Crippen molar-refractivity contribution < 1.29 is 33.2 Å². The number of hydrogen-bond acceptors (Lipinski definition) is 7. The molecule has 8 nitrogen and oxygen atoms in total. The zero-order chi connectivity index (χ0) is 25.4. The topological polar surface area (TPSA) is 104 Å². The smallest absolute Gasteiger partial charge is 0.194 e. The fourth-order valence-corrected chi connectivity index (χ4v) is 5.32. The third kappa shape index (κ3) is 4.53. The molecule has 1 spiro atoms. The minimum atomic E-state index is -1.59. The number of benzene rings is 2. The summed E-state index contributed by atoms with van der Waals surface area (Å²) in [5.41, 5.74) is -0.00359. The summed E-state index contributed by atoms with van der Waals surface area (Å²) >= 11 is 0. The lowest BCUT2D eigenvalue weighted by Crippen LogP contribution is -2.67. The molecule has 36 heavy (non-hydrogen) atoms. The highest BCUT2D eigenvalue weighted by molar-refractivity contribution is 5.58. The third-order valence-corrected chi connectivity index (χ3v) is 7.07. The highest BCUT2D eigenvalue weighted by atomic mass is 19.2. The predicted molar refractivity (Wildman–Crippen MR) is 122 cm³/mol. The van der Waals surface area contributed by atoms with Crippen LogP contribution in [0.15, 0.2) is 48.7 Å². The number of likely N-dealkylation sites (tertiary alicyclic amines) is 1. The molecule has 2 aromatic carbocycles. The number of aromatic nitrogens is 3. The average Bonchev–Trinajstić information content (AvgIpc) is 3.35. The zero-order valence-electron chi connectivity index (χ0n) is 19.3. The van der Waals surface area contributed by atoms with E-state index < -0.39 is 54.0 Å². The molecular weight excluding hydrogens is 477 g/mol. The number of aliphatic hydroxyl groups is 3. The molecule has 3 aromatic rings. The van der Waals surface area contributed by atoms with Crippen molar-refractivity contribution in [3.8, 4) is 11.3 Å². The maximum atomic E-state index is 13.7. The van der Waals surface area contributed by atoms with Gasteiger partial charge in [-0.15, -0.1) is 5.10 Å². The zero-order valence-corrected chi connectivity index (χ0v) is 19.3. The van der Waals surface area contributed by atoms with Crippen LogP contribution in [0.5, 0.6) is 0 Å². The Kier molecular flexibility index (Phi) is 6.84. The van der Waals surface area contributed by atoms with Gasteiger partial charge in [0.2, 0.25) is 0 Å². The summed E-state index contributed by atoms with van der Waals surface area (Å²) in [4.78, 5) is 2.15. The second kappa shape index (κ2) is 9.91. The monoisotopic (exact) mass is 504 g/mol. The molecule has 2 aliphatic rings. The van der Waals surface area contributed by atoms with Gasteiger partial charge in [0.1, 0.15) is 35.6 Å². The fraction of sp³-hybridized carbons (Fsp3) is 0.440. The standard InChI is InChI=1S/C25H27F3N4O4/c26-17-9-16(10-18(27)21(17)28)19-12-32(30-29-19)22-23(34)20(13-33)36-25(24(22)35)7-4-8-31(14-25)11-15-5-2-1-3-6-15/h1-3,5-6,9-10,12,20,22-24,33-35H,4,7-8,11,13-14H2/t20-,22+,23+,24?,25-/m1/s1. The van der Waals surface area contributed by atoms with Crippen LogP contribution in [0, 0.1) is 17.5 Å². The summed E-state index contributed by atoms with van der Waals surface area (Å²) in [5.74, 6) is -4.33. The van der Waals surface area contributed by atoms with Gasteiger partial charge >= 0.3 is 0 Å². The molecule has 3 N–H and O–H groups in total. The summed E-state index contributed by atoms with van der Waals surface area (Å²) in [7, 11) is 0. The summed E-state index contributed by atoms with van der Waals surface area (Å²) < 4.78 is 48.2. The first-order valence-electron chi connectivity index (χ1n) is 11.8. The number of rotatable bonds is 5. The molecule has 1 unspecified atom stereocenters. The molecule has 2 fully saturated rings. The van der Waals surface area contributed by atoms with Crippen LogP contribution in [0.4, 0.5) is 13.2 Å². The Labute approximate surface area is 205 Å². The van der Waals surface area contributed by atoms with E-state index in [1.807, 2.05) is 30.3 Å². The maximum absolute atomic E-state index is 13.7. The lowest BCUT2D eigenvalue weighted by Gasteiger charge is -2.53. The van der Waals surface area contributed by atoms with Gasteiger partial charge in [-0.2, -0.15) is 0 Å². The van der Waals surface area contributed by atoms with Crippen molar-refractivity contribution in [2.75, 3.05) is 19.7 Å². The van der Waals surface area contributed by atoms with Crippen molar-refractivity contribution >= 4 is 0 Å². The van der Waals surface area contributed by atoms with E-state index in [4.69, 9.17) is 4.74 Å². The van der Waals surface area contributed by atoms with E-state index in [-0.39, 0.29) is 11.3 Å².